The summed E-state index contributed by atoms with van der Waals surface area (Å²) >= 11 is 0. The van der Waals surface area contributed by atoms with Crippen molar-refractivity contribution in [2.45, 2.75) is 25.3 Å². The first-order valence-corrected chi connectivity index (χ1v) is 11.6. The van der Waals surface area contributed by atoms with Crippen molar-refractivity contribution in [3.63, 3.8) is 0 Å². The van der Waals surface area contributed by atoms with Crippen molar-refractivity contribution in [3.8, 4) is 0 Å². The maximum Gasteiger partial charge on any atom is 0.421 e. The van der Waals surface area contributed by atoms with Gasteiger partial charge >= 0.3 is 6.09 Å². The first kappa shape index (κ1) is 23.4. The third kappa shape index (κ3) is 6.37. The highest BCUT2D eigenvalue weighted by atomic mass is 19.1. The summed E-state index contributed by atoms with van der Waals surface area (Å²) in [5.74, 6) is -0.245. The number of nitrogens with one attached hydrogen (secondary N) is 2. The van der Waals surface area contributed by atoms with Crippen LogP contribution in [0.5, 0.6) is 0 Å². The Morgan fingerprint density at radius 2 is 1.79 bits per heavy atom. The van der Waals surface area contributed by atoms with Crippen LogP contribution in [0.4, 0.5) is 9.18 Å². The van der Waals surface area contributed by atoms with Crippen molar-refractivity contribution in [2.75, 3.05) is 39.5 Å². The summed E-state index contributed by atoms with van der Waals surface area (Å²) in [4.78, 5) is 27.1. The predicted molar refractivity (Wildman–Crippen MR) is 123 cm³/mol. The largest absolute Gasteiger partial charge is 0.449 e. The Morgan fingerprint density at radius 1 is 1.06 bits per heavy atom. The summed E-state index contributed by atoms with van der Waals surface area (Å²) in [5.41, 5.74) is 4.56. The molecule has 4 rings (SSSR count). The Labute approximate surface area is 193 Å². The Balaban J connectivity index is 1.12. The van der Waals surface area contributed by atoms with Gasteiger partial charge in [0.05, 0.1) is 19.3 Å². The van der Waals surface area contributed by atoms with Crippen LogP contribution >= 0.6 is 0 Å². The number of hydrogen-bond acceptors (Lipinski definition) is 6. The summed E-state index contributed by atoms with van der Waals surface area (Å²) in [6, 6.07) is 15.9. The van der Waals surface area contributed by atoms with Gasteiger partial charge in [-0.05, 0) is 62.2 Å². The molecular weight excluding hydrogens is 423 g/mol. The van der Waals surface area contributed by atoms with Gasteiger partial charge in [-0.25, -0.2) is 9.18 Å². The lowest BCUT2D eigenvalue weighted by Gasteiger charge is -2.31. The van der Waals surface area contributed by atoms with Gasteiger partial charge in [-0.15, -0.1) is 0 Å². The van der Waals surface area contributed by atoms with E-state index in [9.17, 15) is 14.0 Å². The summed E-state index contributed by atoms with van der Waals surface area (Å²) < 4.78 is 18.4. The second-order valence-corrected chi connectivity index (χ2v) is 8.60. The molecule has 33 heavy (non-hydrogen) atoms. The minimum Gasteiger partial charge on any atom is -0.449 e. The van der Waals surface area contributed by atoms with E-state index in [4.69, 9.17) is 4.74 Å². The van der Waals surface area contributed by atoms with Crippen LogP contribution < -0.4 is 10.7 Å². The molecule has 2 N–H and O–H groups in total. The highest BCUT2D eigenvalue weighted by molar-refractivity contribution is 5.97. The number of nitrogens with zero attached hydrogens (tertiary/aromatic N) is 2. The van der Waals surface area contributed by atoms with Gasteiger partial charge in [0.15, 0.2) is 5.78 Å². The first-order valence-electron chi connectivity index (χ1n) is 11.6. The van der Waals surface area contributed by atoms with E-state index in [1.165, 1.54) is 12.1 Å². The van der Waals surface area contributed by atoms with E-state index < -0.39 is 6.09 Å². The molecule has 2 aliphatic rings. The molecule has 2 saturated heterocycles. The molecule has 0 saturated carbocycles. The maximum absolute atomic E-state index is 13.1. The van der Waals surface area contributed by atoms with E-state index in [0.29, 0.717) is 18.8 Å². The predicted octanol–water partition coefficient (Wildman–Crippen LogP) is 3.36. The number of hydrazine groups is 1. The fourth-order valence-corrected chi connectivity index (χ4v) is 4.50. The Kier molecular flexibility index (Phi) is 8.04. The maximum atomic E-state index is 13.1. The average molecular weight is 455 g/mol. The second kappa shape index (κ2) is 11.4. The van der Waals surface area contributed by atoms with Crippen LogP contribution in [-0.2, 0) is 4.74 Å². The zero-order valence-electron chi connectivity index (χ0n) is 18.7. The number of piperidine rings is 1. The molecule has 0 aliphatic carbocycles. The summed E-state index contributed by atoms with van der Waals surface area (Å²) in [5, 5.41) is 5.13. The number of benzene rings is 2. The molecular formula is C25H31FN4O3. The summed E-state index contributed by atoms with van der Waals surface area (Å²) in [7, 11) is 0. The van der Waals surface area contributed by atoms with Crippen LogP contribution in [0.15, 0.2) is 54.6 Å². The summed E-state index contributed by atoms with van der Waals surface area (Å²) in [6.45, 7) is 4.17. The van der Waals surface area contributed by atoms with Crippen LogP contribution in [0.1, 0.15) is 41.2 Å². The zero-order chi connectivity index (χ0) is 23.0. The fourth-order valence-electron chi connectivity index (χ4n) is 4.50. The normalized spacial score (nSPS) is 20.0. The lowest BCUT2D eigenvalue weighted by Crippen LogP contribution is -2.43. The van der Waals surface area contributed by atoms with Gasteiger partial charge in [-0.3, -0.25) is 10.2 Å². The van der Waals surface area contributed by atoms with Gasteiger partial charge < -0.3 is 15.0 Å². The van der Waals surface area contributed by atoms with Crippen LogP contribution in [-0.4, -0.2) is 61.2 Å². The van der Waals surface area contributed by atoms with Crippen molar-refractivity contribution >= 4 is 11.9 Å². The standard InChI is InChI=1S/C25H31FN4O3/c26-22-9-7-20(8-10-22)24(31)21-11-14-29(15-12-21)13-4-16-33-25(32)28-30-18-27-17-23(30)19-5-2-1-3-6-19/h1-3,5-10,21,23,27H,4,11-18H2,(H,28,32). The molecule has 0 radical (unpaired) electrons. The molecule has 2 aliphatic heterocycles. The number of carbonyl (C=O) groups is 2. The van der Waals surface area contributed by atoms with E-state index in [0.717, 1.165) is 51.0 Å². The van der Waals surface area contributed by atoms with Gasteiger partial charge in [0.2, 0.25) is 0 Å². The first-order chi connectivity index (χ1) is 16.1. The smallest absolute Gasteiger partial charge is 0.421 e. The molecule has 2 heterocycles. The lowest BCUT2D eigenvalue weighted by atomic mass is 9.89. The zero-order valence-corrected chi connectivity index (χ0v) is 18.7. The Hall–Kier alpha value is -2.81. The lowest BCUT2D eigenvalue weighted by molar-refractivity contribution is 0.0808. The average Bonchev–Trinajstić information content (AvgIpc) is 3.31. The molecule has 2 fully saturated rings. The molecule has 0 spiro atoms. The van der Waals surface area contributed by atoms with Crippen molar-refractivity contribution in [1.82, 2.24) is 20.7 Å². The van der Waals surface area contributed by atoms with Crippen molar-refractivity contribution in [3.05, 3.63) is 71.5 Å². The molecule has 1 unspecified atom stereocenters. The minimum atomic E-state index is -0.441. The van der Waals surface area contributed by atoms with Crippen molar-refractivity contribution in [2.24, 2.45) is 5.92 Å². The molecule has 2 aromatic rings. The number of ether oxygens (including phenoxy) is 1. The number of Topliss-reactive ketones (excluding diaryl/α,β-unsaturated/α-hetero) is 1. The molecule has 0 bridgehead atoms. The number of likely N-dealkylation sites (tertiary alicyclic amines) is 1. The van der Waals surface area contributed by atoms with Gasteiger partial charge in [-0.2, -0.15) is 5.01 Å². The SMILES string of the molecule is O=C(NN1CNCC1c1ccccc1)OCCCN1CCC(C(=O)c2ccc(F)cc2)CC1. The van der Waals surface area contributed by atoms with Gasteiger partial charge in [-0.1, -0.05) is 30.3 Å². The minimum absolute atomic E-state index is 0.0135. The quantitative estimate of drug-likeness (QED) is 0.471. The summed E-state index contributed by atoms with van der Waals surface area (Å²) in [6.07, 6.45) is 1.88. The Morgan fingerprint density at radius 3 is 2.52 bits per heavy atom. The number of hydrogen-bond donors (Lipinski definition) is 2. The van der Waals surface area contributed by atoms with E-state index in [2.05, 4.69) is 15.6 Å². The second-order valence-electron chi connectivity index (χ2n) is 8.60. The molecule has 1 atom stereocenters. The number of amides is 1. The van der Waals surface area contributed by atoms with Gasteiger partial charge in [0, 0.05) is 24.6 Å². The molecule has 176 valence electrons. The molecule has 7 nitrogen and oxygen atoms in total. The van der Waals surface area contributed by atoms with Crippen molar-refractivity contribution < 1.29 is 18.7 Å². The van der Waals surface area contributed by atoms with Crippen LogP contribution in [0.2, 0.25) is 0 Å². The third-order valence-electron chi connectivity index (χ3n) is 6.35. The number of halogens is 1. The van der Waals surface area contributed by atoms with Gasteiger partial charge in [0.1, 0.15) is 5.82 Å². The third-order valence-corrected chi connectivity index (χ3v) is 6.35. The van der Waals surface area contributed by atoms with Gasteiger partial charge in [0.25, 0.3) is 0 Å². The number of ketones is 1. The highest BCUT2D eigenvalue weighted by Crippen LogP contribution is 2.23. The van der Waals surface area contributed by atoms with Crippen LogP contribution in [0.25, 0.3) is 0 Å². The van der Waals surface area contributed by atoms with E-state index >= 15 is 0 Å². The van der Waals surface area contributed by atoms with Crippen molar-refractivity contribution in [1.29, 1.82) is 0 Å². The fraction of sp³-hybridized carbons (Fsp3) is 0.440. The molecule has 1 amide bonds. The van der Waals surface area contributed by atoms with Crippen LogP contribution in [0.3, 0.4) is 0 Å². The monoisotopic (exact) mass is 454 g/mol. The number of carbonyl (C=O) groups excluding carboxylic acids is 2. The molecule has 2 aromatic carbocycles. The topological polar surface area (TPSA) is 73.9 Å². The highest BCUT2D eigenvalue weighted by Gasteiger charge is 2.28. The number of rotatable bonds is 8. The van der Waals surface area contributed by atoms with E-state index in [-0.39, 0.29) is 23.6 Å². The van der Waals surface area contributed by atoms with E-state index in [1.807, 2.05) is 35.3 Å². The van der Waals surface area contributed by atoms with E-state index in [1.54, 1.807) is 12.1 Å². The molecule has 0 aromatic heterocycles. The molecule has 8 heteroatoms. The van der Waals surface area contributed by atoms with Crippen LogP contribution in [0, 0.1) is 11.7 Å². The Bertz CT molecular complexity index is 917.